The van der Waals surface area contributed by atoms with Crippen LogP contribution in [0.15, 0.2) is 77.4 Å². The Kier molecular flexibility index (Phi) is 6.01. The Balaban J connectivity index is 1.69. The fraction of sp³-hybridized carbons (Fsp3) is 0.136. The van der Waals surface area contributed by atoms with Crippen LogP contribution in [0.5, 0.6) is 0 Å². The Morgan fingerprint density at radius 1 is 0.929 bits per heavy atom. The van der Waals surface area contributed by atoms with Crippen LogP contribution >= 0.6 is 0 Å². The van der Waals surface area contributed by atoms with E-state index >= 15 is 0 Å². The van der Waals surface area contributed by atoms with E-state index < -0.39 is 18.0 Å². The van der Waals surface area contributed by atoms with E-state index in [2.05, 4.69) is 5.32 Å². The highest BCUT2D eigenvalue weighted by molar-refractivity contribution is 6.14. The van der Waals surface area contributed by atoms with Crippen molar-refractivity contribution >= 4 is 17.7 Å². The minimum atomic E-state index is -1.03. The highest BCUT2D eigenvalue weighted by atomic mass is 16.5. The van der Waals surface area contributed by atoms with Crippen LogP contribution in [0.4, 0.5) is 0 Å². The maximum Gasteiger partial charge on any atom is 0.339 e. The van der Waals surface area contributed by atoms with Gasteiger partial charge in [-0.15, -0.1) is 0 Å². The summed E-state index contributed by atoms with van der Waals surface area (Å²) in [5.41, 5.74) is 0.802. The number of carbonyl (C=O) groups is 3. The molecular formula is C22H19NO5. The van der Waals surface area contributed by atoms with Crippen molar-refractivity contribution in [2.24, 2.45) is 0 Å². The molecule has 1 amide bonds. The van der Waals surface area contributed by atoms with Gasteiger partial charge in [-0.1, -0.05) is 48.5 Å². The molecule has 6 nitrogen and oxygen atoms in total. The molecule has 0 aliphatic carbocycles. The Morgan fingerprint density at radius 2 is 1.61 bits per heavy atom. The van der Waals surface area contributed by atoms with Crippen molar-refractivity contribution in [3.05, 3.63) is 95.4 Å². The Labute approximate surface area is 162 Å². The minimum absolute atomic E-state index is 0.113. The first-order chi connectivity index (χ1) is 13.6. The Morgan fingerprint density at radius 3 is 2.29 bits per heavy atom. The third-order valence-electron chi connectivity index (χ3n) is 4.10. The van der Waals surface area contributed by atoms with E-state index in [9.17, 15) is 14.4 Å². The zero-order valence-corrected chi connectivity index (χ0v) is 15.3. The summed E-state index contributed by atoms with van der Waals surface area (Å²) in [5.74, 6) is -0.897. The van der Waals surface area contributed by atoms with Gasteiger partial charge < -0.3 is 14.5 Å². The van der Waals surface area contributed by atoms with Gasteiger partial charge in [0.05, 0.1) is 18.4 Å². The maximum atomic E-state index is 12.7. The fourth-order valence-corrected chi connectivity index (χ4v) is 2.61. The number of ether oxygens (including phenoxy) is 1. The van der Waals surface area contributed by atoms with Crippen LogP contribution in [0.3, 0.4) is 0 Å². The van der Waals surface area contributed by atoms with Crippen molar-refractivity contribution in [3.8, 4) is 0 Å². The standard InChI is InChI=1S/C22H19NO5/c1-15(21(25)23-14-17-10-7-13-27-17)28-22(26)19-12-6-5-11-18(19)20(24)16-8-3-2-4-9-16/h2-13,15H,14H2,1H3,(H,23,25)/t15-/m0/s1. The van der Waals surface area contributed by atoms with Gasteiger partial charge in [0.1, 0.15) is 5.76 Å². The van der Waals surface area contributed by atoms with Gasteiger partial charge in [-0.25, -0.2) is 4.79 Å². The summed E-state index contributed by atoms with van der Waals surface area (Å²) in [5, 5.41) is 2.63. The second-order valence-electron chi connectivity index (χ2n) is 6.09. The van der Waals surface area contributed by atoms with Gasteiger partial charge in [-0.3, -0.25) is 9.59 Å². The smallest absolute Gasteiger partial charge is 0.339 e. The molecule has 0 bridgehead atoms. The third kappa shape index (κ3) is 4.54. The van der Waals surface area contributed by atoms with Crippen LogP contribution < -0.4 is 5.32 Å². The maximum absolute atomic E-state index is 12.7. The van der Waals surface area contributed by atoms with Crippen LogP contribution in [0.2, 0.25) is 0 Å². The number of rotatable bonds is 7. The van der Waals surface area contributed by atoms with Crippen LogP contribution in [0.1, 0.15) is 39.0 Å². The average Bonchev–Trinajstić information content (AvgIpc) is 3.25. The molecule has 0 unspecified atom stereocenters. The van der Waals surface area contributed by atoms with Gasteiger partial charge >= 0.3 is 5.97 Å². The molecule has 1 atom stereocenters. The molecule has 2 aromatic carbocycles. The van der Waals surface area contributed by atoms with E-state index in [4.69, 9.17) is 9.15 Å². The molecule has 0 spiro atoms. The fourth-order valence-electron chi connectivity index (χ4n) is 2.61. The molecule has 0 aliphatic heterocycles. The molecule has 0 saturated heterocycles. The number of furan rings is 1. The molecule has 28 heavy (non-hydrogen) atoms. The van der Waals surface area contributed by atoms with E-state index in [1.165, 1.54) is 19.3 Å². The first-order valence-electron chi connectivity index (χ1n) is 8.76. The molecule has 1 aromatic heterocycles. The number of hydrogen-bond acceptors (Lipinski definition) is 5. The quantitative estimate of drug-likeness (QED) is 0.504. The lowest BCUT2D eigenvalue weighted by Crippen LogP contribution is -2.35. The normalized spacial score (nSPS) is 11.5. The summed E-state index contributed by atoms with van der Waals surface area (Å²) < 4.78 is 10.4. The summed E-state index contributed by atoms with van der Waals surface area (Å²) in [6.45, 7) is 1.66. The second-order valence-corrected chi connectivity index (χ2v) is 6.09. The zero-order valence-electron chi connectivity index (χ0n) is 15.3. The molecule has 6 heteroatoms. The molecule has 0 aliphatic rings. The van der Waals surface area contributed by atoms with Crippen molar-refractivity contribution in [1.82, 2.24) is 5.32 Å². The van der Waals surface area contributed by atoms with Crippen molar-refractivity contribution in [3.63, 3.8) is 0 Å². The number of benzene rings is 2. The van der Waals surface area contributed by atoms with Crippen LogP contribution in [0, 0.1) is 0 Å². The first-order valence-corrected chi connectivity index (χ1v) is 8.76. The summed E-state index contributed by atoms with van der Waals surface area (Å²) in [4.78, 5) is 37.5. The zero-order chi connectivity index (χ0) is 19.9. The van der Waals surface area contributed by atoms with E-state index in [-0.39, 0.29) is 23.5 Å². The van der Waals surface area contributed by atoms with Gasteiger partial charge in [-0.2, -0.15) is 0 Å². The largest absolute Gasteiger partial charge is 0.467 e. The minimum Gasteiger partial charge on any atom is -0.467 e. The Bertz CT molecular complexity index is 964. The summed E-state index contributed by atoms with van der Waals surface area (Å²) in [7, 11) is 0. The molecule has 0 fully saturated rings. The molecule has 3 rings (SSSR count). The SMILES string of the molecule is C[C@H](OC(=O)c1ccccc1C(=O)c1ccccc1)C(=O)NCc1ccco1. The van der Waals surface area contributed by atoms with Crippen molar-refractivity contribution in [2.45, 2.75) is 19.6 Å². The highest BCUT2D eigenvalue weighted by Gasteiger charge is 2.23. The van der Waals surface area contributed by atoms with E-state index in [1.54, 1.807) is 60.7 Å². The summed E-state index contributed by atoms with van der Waals surface area (Å²) >= 11 is 0. The number of nitrogens with one attached hydrogen (secondary N) is 1. The summed E-state index contributed by atoms with van der Waals surface area (Å²) in [6.07, 6.45) is 0.480. The first kappa shape index (κ1) is 19.1. The van der Waals surface area contributed by atoms with E-state index in [1.807, 2.05) is 0 Å². The van der Waals surface area contributed by atoms with Gasteiger partial charge in [0.15, 0.2) is 11.9 Å². The van der Waals surface area contributed by atoms with Gasteiger partial charge in [0.2, 0.25) is 0 Å². The predicted molar refractivity (Wildman–Crippen MR) is 102 cm³/mol. The Hall–Kier alpha value is -3.67. The molecule has 0 saturated carbocycles. The lowest BCUT2D eigenvalue weighted by molar-refractivity contribution is -0.129. The highest BCUT2D eigenvalue weighted by Crippen LogP contribution is 2.16. The number of esters is 1. The number of hydrogen-bond donors (Lipinski definition) is 1. The molecular weight excluding hydrogens is 358 g/mol. The van der Waals surface area contributed by atoms with Crippen molar-refractivity contribution < 1.29 is 23.5 Å². The van der Waals surface area contributed by atoms with Crippen LogP contribution in [0.25, 0.3) is 0 Å². The topological polar surface area (TPSA) is 85.6 Å². The predicted octanol–water partition coefficient (Wildman–Crippen LogP) is 3.37. The molecule has 3 aromatic rings. The lowest BCUT2D eigenvalue weighted by Gasteiger charge is -2.14. The molecule has 142 valence electrons. The van der Waals surface area contributed by atoms with E-state index in [0.717, 1.165) is 0 Å². The molecule has 1 N–H and O–H groups in total. The number of amides is 1. The third-order valence-corrected chi connectivity index (χ3v) is 4.10. The van der Waals surface area contributed by atoms with Crippen molar-refractivity contribution in [1.29, 1.82) is 0 Å². The molecule has 0 radical (unpaired) electrons. The van der Waals surface area contributed by atoms with Crippen molar-refractivity contribution in [2.75, 3.05) is 0 Å². The number of ketones is 1. The number of carbonyl (C=O) groups excluding carboxylic acids is 3. The van der Waals surface area contributed by atoms with Crippen LogP contribution in [-0.2, 0) is 16.1 Å². The second kappa shape index (κ2) is 8.81. The lowest BCUT2D eigenvalue weighted by atomic mass is 9.98. The monoisotopic (exact) mass is 377 g/mol. The van der Waals surface area contributed by atoms with E-state index in [0.29, 0.717) is 11.3 Å². The van der Waals surface area contributed by atoms with Gasteiger partial charge in [0.25, 0.3) is 5.91 Å². The molecule has 1 heterocycles. The van der Waals surface area contributed by atoms with Gasteiger partial charge in [-0.05, 0) is 25.1 Å². The van der Waals surface area contributed by atoms with Gasteiger partial charge in [0, 0.05) is 11.1 Å². The average molecular weight is 377 g/mol. The summed E-state index contributed by atoms with van der Waals surface area (Å²) in [6, 6.07) is 18.5. The van der Waals surface area contributed by atoms with Crippen LogP contribution in [-0.4, -0.2) is 23.8 Å².